The van der Waals surface area contributed by atoms with E-state index in [-0.39, 0.29) is 0 Å². The molecule has 0 aromatic heterocycles. The highest BCUT2D eigenvalue weighted by molar-refractivity contribution is 6.33. The summed E-state index contributed by atoms with van der Waals surface area (Å²) in [5.41, 5.74) is 1.10. The van der Waals surface area contributed by atoms with Crippen LogP contribution in [-0.2, 0) is 0 Å². The lowest BCUT2D eigenvalue weighted by Gasteiger charge is -2.41. The molecule has 0 bridgehead atoms. The molecule has 1 aliphatic heterocycles. The number of hydrogen-bond acceptors (Lipinski definition) is 3. The van der Waals surface area contributed by atoms with Crippen molar-refractivity contribution in [1.29, 1.82) is 0 Å². The first-order valence-corrected chi connectivity index (χ1v) is 7.40. The number of methoxy groups -OCH3 is 1. The molecule has 1 heterocycles. The first-order valence-electron chi connectivity index (χ1n) is 7.02. The molecule has 2 aliphatic rings. The van der Waals surface area contributed by atoms with Crippen molar-refractivity contribution in [3.05, 3.63) is 23.2 Å². The normalized spacial score (nSPS) is 27.4. The first kappa shape index (κ1) is 13.1. The number of anilines is 1. The average molecular weight is 281 g/mol. The molecule has 1 aromatic rings. The van der Waals surface area contributed by atoms with Gasteiger partial charge in [0.1, 0.15) is 5.75 Å². The molecule has 1 aromatic carbocycles. The Morgan fingerprint density at radius 2 is 2.16 bits per heavy atom. The lowest BCUT2D eigenvalue weighted by molar-refractivity contribution is 0.375. The van der Waals surface area contributed by atoms with Crippen LogP contribution in [0.4, 0.5) is 5.69 Å². The van der Waals surface area contributed by atoms with Crippen LogP contribution in [0.2, 0.25) is 5.02 Å². The fourth-order valence-corrected chi connectivity index (χ4v) is 3.10. The second kappa shape index (κ2) is 5.22. The monoisotopic (exact) mass is 280 g/mol. The van der Waals surface area contributed by atoms with Gasteiger partial charge in [0, 0.05) is 31.2 Å². The van der Waals surface area contributed by atoms with Gasteiger partial charge in [-0.1, -0.05) is 11.6 Å². The zero-order valence-electron chi connectivity index (χ0n) is 11.5. The number of rotatable bonds is 3. The van der Waals surface area contributed by atoms with Crippen molar-refractivity contribution >= 4 is 17.3 Å². The summed E-state index contributed by atoms with van der Waals surface area (Å²) in [6, 6.07) is 6.96. The fraction of sp³-hybridized carbons (Fsp3) is 0.600. The van der Waals surface area contributed by atoms with Gasteiger partial charge in [-0.15, -0.1) is 0 Å². The van der Waals surface area contributed by atoms with Gasteiger partial charge in [0.25, 0.3) is 0 Å². The van der Waals surface area contributed by atoms with Gasteiger partial charge in [-0.2, -0.15) is 0 Å². The summed E-state index contributed by atoms with van der Waals surface area (Å²) in [5, 5.41) is 4.47. The van der Waals surface area contributed by atoms with Crippen LogP contribution in [0.15, 0.2) is 18.2 Å². The smallest absolute Gasteiger partial charge is 0.121 e. The van der Waals surface area contributed by atoms with Gasteiger partial charge in [0.2, 0.25) is 0 Å². The largest absolute Gasteiger partial charge is 0.497 e. The van der Waals surface area contributed by atoms with E-state index in [9.17, 15) is 0 Å². The summed E-state index contributed by atoms with van der Waals surface area (Å²) >= 11 is 6.38. The molecule has 104 valence electrons. The zero-order chi connectivity index (χ0) is 13.4. The summed E-state index contributed by atoms with van der Waals surface area (Å²) in [7, 11) is 1.70. The molecule has 19 heavy (non-hydrogen) atoms. The van der Waals surface area contributed by atoms with E-state index in [4.69, 9.17) is 16.3 Å². The predicted molar refractivity (Wildman–Crippen MR) is 79.3 cm³/mol. The van der Waals surface area contributed by atoms with Gasteiger partial charge in [-0.25, -0.2) is 0 Å². The Hall–Kier alpha value is -0.930. The van der Waals surface area contributed by atoms with Crippen LogP contribution in [0.25, 0.3) is 0 Å². The van der Waals surface area contributed by atoms with E-state index >= 15 is 0 Å². The van der Waals surface area contributed by atoms with Crippen LogP contribution in [-0.4, -0.2) is 32.3 Å². The quantitative estimate of drug-likeness (QED) is 0.921. The van der Waals surface area contributed by atoms with Crippen LogP contribution >= 0.6 is 11.6 Å². The van der Waals surface area contributed by atoms with Gasteiger partial charge in [0.05, 0.1) is 17.8 Å². The van der Waals surface area contributed by atoms with Crippen molar-refractivity contribution in [2.45, 2.75) is 31.8 Å². The van der Waals surface area contributed by atoms with E-state index < -0.39 is 0 Å². The number of hydrogen-bond donors (Lipinski definition) is 1. The van der Waals surface area contributed by atoms with E-state index in [1.54, 1.807) is 7.11 Å². The Labute approximate surface area is 119 Å². The molecule has 1 N–H and O–H groups in total. The first-order chi connectivity index (χ1) is 9.19. The van der Waals surface area contributed by atoms with E-state index in [2.05, 4.69) is 17.1 Å². The van der Waals surface area contributed by atoms with Crippen molar-refractivity contribution < 1.29 is 4.74 Å². The van der Waals surface area contributed by atoms with Gasteiger partial charge >= 0.3 is 0 Å². The molecule has 1 aliphatic carbocycles. The van der Waals surface area contributed by atoms with E-state index in [0.717, 1.165) is 35.5 Å². The molecule has 0 radical (unpaired) electrons. The topological polar surface area (TPSA) is 24.5 Å². The maximum Gasteiger partial charge on any atom is 0.121 e. The Morgan fingerprint density at radius 3 is 2.84 bits per heavy atom. The van der Waals surface area contributed by atoms with Crippen LogP contribution < -0.4 is 15.0 Å². The van der Waals surface area contributed by atoms with Gasteiger partial charge in [0.15, 0.2) is 0 Å². The second-order valence-corrected chi connectivity index (χ2v) is 6.08. The number of nitrogens with zero attached hydrogens (tertiary/aromatic N) is 1. The number of ether oxygens (including phenoxy) is 1. The summed E-state index contributed by atoms with van der Waals surface area (Å²) in [6.45, 7) is 4.30. The number of piperazine rings is 1. The Kier molecular flexibility index (Phi) is 3.59. The third-order valence-electron chi connectivity index (χ3n) is 4.25. The number of benzene rings is 1. The van der Waals surface area contributed by atoms with Crippen molar-refractivity contribution in [3.63, 3.8) is 0 Å². The minimum Gasteiger partial charge on any atom is -0.497 e. The average Bonchev–Trinajstić information content (AvgIpc) is 3.25. The molecular formula is C15H21ClN2O. The van der Waals surface area contributed by atoms with Crippen molar-refractivity contribution in [1.82, 2.24) is 5.32 Å². The number of nitrogens with one attached hydrogen (secondary N) is 1. The highest BCUT2D eigenvalue weighted by Gasteiger charge is 2.36. The fourth-order valence-electron chi connectivity index (χ4n) is 2.88. The maximum atomic E-state index is 6.38. The van der Waals surface area contributed by atoms with E-state index in [0.29, 0.717) is 12.1 Å². The molecular weight excluding hydrogens is 260 g/mol. The lowest BCUT2D eigenvalue weighted by atomic mass is 10.1. The Balaban J connectivity index is 1.85. The maximum absolute atomic E-state index is 6.38. The highest BCUT2D eigenvalue weighted by atomic mass is 35.5. The minimum absolute atomic E-state index is 0.458. The summed E-state index contributed by atoms with van der Waals surface area (Å²) in [6.07, 6.45) is 2.73. The SMILES string of the molecule is COc1ccc(Cl)c(N2CC(C3CC3)NCC2C)c1. The summed E-state index contributed by atoms with van der Waals surface area (Å²) < 4.78 is 5.32. The molecule has 2 unspecified atom stereocenters. The van der Waals surface area contributed by atoms with Crippen molar-refractivity contribution in [3.8, 4) is 5.75 Å². The third-order valence-corrected chi connectivity index (χ3v) is 4.57. The molecule has 1 saturated heterocycles. The van der Waals surface area contributed by atoms with Crippen LogP contribution in [0.1, 0.15) is 19.8 Å². The third kappa shape index (κ3) is 2.67. The summed E-state index contributed by atoms with van der Waals surface area (Å²) in [4.78, 5) is 2.42. The molecule has 0 amide bonds. The van der Waals surface area contributed by atoms with E-state index in [1.165, 1.54) is 12.8 Å². The second-order valence-electron chi connectivity index (χ2n) is 5.67. The lowest BCUT2D eigenvalue weighted by Crippen LogP contribution is -2.56. The molecule has 2 fully saturated rings. The standard InChI is InChI=1S/C15H21ClN2O/c1-10-8-17-14(11-3-4-11)9-18(10)15-7-12(19-2)5-6-13(15)16/h5-7,10-11,14,17H,3-4,8-9H2,1-2H3. The zero-order valence-corrected chi connectivity index (χ0v) is 12.3. The molecule has 2 atom stereocenters. The van der Waals surface area contributed by atoms with Gasteiger partial charge < -0.3 is 15.0 Å². The molecule has 3 rings (SSSR count). The number of halogens is 1. The van der Waals surface area contributed by atoms with Gasteiger partial charge in [-0.3, -0.25) is 0 Å². The molecule has 1 saturated carbocycles. The summed E-state index contributed by atoms with van der Waals surface area (Å²) in [5.74, 6) is 1.73. The molecule has 3 nitrogen and oxygen atoms in total. The van der Waals surface area contributed by atoms with Gasteiger partial charge in [-0.05, 0) is 37.8 Å². The van der Waals surface area contributed by atoms with Crippen LogP contribution in [0.3, 0.4) is 0 Å². The molecule has 0 spiro atoms. The van der Waals surface area contributed by atoms with Crippen molar-refractivity contribution in [2.75, 3.05) is 25.1 Å². The van der Waals surface area contributed by atoms with Crippen LogP contribution in [0, 0.1) is 5.92 Å². The Morgan fingerprint density at radius 1 is 1.37 bits per heavy atom. The minimum atomic E-state index is 0.458. The molecule has 4 heteroatoms. The predicted octanol–water partition coefficient (Wildman–Crippen LogP) is 2.93. The van der Waals surface area contributed by atoms with Crippen LogP contribution in [0.5, 0.6) is 5.75 Å². The Bertz CT molecular complexity index is 461. The highest BCUT2D eigenvalue weighted by Crippen LogP contribution is 2.37. The van der Waals surface area contributed by atoms with Crippen molar-refractivity contribution in [2.24, 2.45) is 5.92 Å². The van der Waals surface area contributed by atoms with E-state index in [1.807, 2.05) is 18.2 Å².